The first-order valence-corrected chi connectivity index (χ1v) is 6.74. The van der Waals surface area contributed by atoms with Crippen LogP contribution in [0.4, 0.5) is 0 Å². The fourth-order valence-corrected chi connectivity index (χ4v) is 2.18. The minimum absolute atomic E-state index is 0.908. The van der Waals surface area contributed by atoms with Crippen LogP contribution in [0.15, 0.2) is 23.3 Å². The predicted molar refractivity (Wildman–Crippen MR) is 71.1 cm³/mol. The lowest BCUT2D eigenvalue weighted by Crippen LogP contribution is -1.81. The second-order valence-corrected chi connectivity index (χ2v) is 3.90. The first-order chi connectivity index (χ1) is 7.36. The second kappa shape index (κ2) is 8.76. The SMILES string of the molecule is CC.CC.CC1CC2=CCCCC=C2C1. The van der Waals surface area contributed by atoms with Crippen LogP contribution < -0.4 is 0 Å². The van der Waals surface area contributed by atoms with E-state index in [1.54, 1.807) is 11.1 Å². The molecule has 0 spiro atoms. The number of hydrogen-bond donors (Lipinski definition) is 0. The Hall–Kier alpha value is -0.520. The first kappa shape index (κ1) is 14.5. The molecule has 0 aromatic rings. The molecule has 2 rings (SSSR count). The Balaban J connectivity index is 0.000000442. The molecule has 0 heterocycles. The summed E-state index contributed by atoms with van der Waals surface area (Å²) in [7, 11) is 0. The molecule has 0 radical (unpaired) electrons. The maximum Gasteiger partial charge on any atom is -0.0250 e. The lowest BCUT2D eigenvalue weighted by atomic mass is 10.1. The van der Waals surface area contributed by atoms with Crippen molar-refractivity contribution in [2.75, 3.05) is 0 Å². The summed E-state index contributed by atoms with van der Waals surface area (Å²) in [6.45, 7) is 10.4. The van der Waals surface area contributed by atoms with Gasteiger partial charge in [0.25, 0.3) is 0 Å². The van der Waals surface area contributed by atoms with Gasteiger partial charge in [-0.3, -0.25) is 0 Å². The Morgan fingerprint density at radius 2 is 1.27 bits per heavy atom. The molecule has 0 aromatic heterocycles. The molecule has 0 aromatic carbocycles. The van der Waals surface area contributed by atoms with Gasteiger partial charge in [-0.2, -0.15) is 0 Å². The van der Waals surface area contributed by atoms with Gasteiger partial charge >= 0.3 is 0 Å². The Kier molecular flexibility index (Phi) is 8.46. The Labute approximate surface area is 96.5 Å². The van der Waals surface area contributed by atoms with Gasteiger partial charge in [-0.25, -0.2) is 0 Å². The molecule has 0 unspecified atom stereocenters. The fraction of sp³-hybridized carbons (Fsp3) is 0.733. The Morgan fingerprint density at radius 3 is 1.67 bits per heavy atom. The molecule has 0 heteroatoms. The minimum atomic E-state index is 0.908. The van der Waals surface area contributed by atoms with Crippen LogP contribution in [0.3, 0.4) is 0 Å². The summed E-state index contributed by atoms with van der Waals surface area (Å²) >= 11 is 0. The molecule has 0 saturated heterocycles. The van der Waals surface area contributed by atoms with Crippen molar-refractivity contribution in [1.29, 1.82) is 0 Å². The molecule has 2 aliphatic carbocycles. The average molecular weight is 208 g/mol. The summed E-state index contributed by atoms with van der Waals surface area (Å²) in [5, 5.41) is 0. The first-order valence-electron chi connectivity index (χ1n) is 6.74. The van der Waals surface area contributed by atoms with Crippen molar-refractivity contribution < 1.29 is 0 Å². The zero-order valence-corrected chi connectivity index (χ0v) is 11.3. The van der Waals surface area contributed by atoms with Crippen molar-refractivity contribution in [2.45, 2.75) is 66.7 Å². The number of allylic oxidation sites excluding steroid dienone is 4. The molecule has 1 saturated carbocycles. The summed E-state index contributed by atoms with van der Waals surface area (Å²) in [6.07, 6.45) is 11.6. The molecule has 0 aliphatic heterocycles. The highest BCUT2D eigenvalue weighted by atomic mass is 14.3. The highest BCUT2D eigenvalue weighted by Crippen LogP contribution is 2.37. The number of fused-ring (bicyclic) bond motifs is 1. The van der Waals surface area contributed by atoms with E-state index in [9.17, 15) is 0 Å². The topological polar surface area (TPSA) is 0 Å². The summed E-state index contributed by atoms with van der Waals surface area (Å²) in [6, 6.07) is 0. The molecule has 0 N–H and O–H groups in total. The predicted octanol–water partition coefficient (Wildman–Crippen LogP) is 5.51. The summed E-state index contributed by atoms with van der Waals surface area (Å²) in [5.74, 6) is 0.908. The highest BCUT2D eigenvalue weighted by molar-refractivity contribution is 5.36. The molecule has 0 bridgehead atoms. The normalized spacial score (nSPS) is 19.5. The van der Waals surface area contributed by atoms with E-state index in [-0.39, 0.29) is 0 Å². The van der Waals surface area contributed by atoms with Crippen LogP contribution >= 0.6 is 0 Å². The van der Waals surface area contributed by atoms with Crippen molar-refractivity contribution in [3.8, 4) is 0 Å². The van der Waals surface area contributed by atoms with Crippen LogP contribution in [0.1, 0.15) is 66.7 Å². The summed E-state index contributed by atoms with van der Waals surface area (Å²) in [4.78, 5) is 0. The third-order valence-electron chi connectivity index (χ3n) is 2.74. The highest BCUT2D eigenvalue weighted by Gasteiger charge is 2.20. The zero-order valence-electron chi connectivity index (χ0n) is 11.3. The molecule has 88 valence electrons. The van der Waals surface area contributed by atoms with Gasteiger partial charge in [-0.05, 0) is 49.2 Å². The van der Waals surface area contributed by atoms with Gasteiger partial charge in [0, 0.05) is 0 Å². The lowest BCUT2D eigenvalue weighted by molar-refractivity contribution is 0.637. The van der Waals surface area contributed by atoms with E-state index in [1.807, 2.05) is 27.7 Å². The Bertz CT molecular complexity index is 186. The monoisotopic (exact) mass is 208 g/mol. The van der Waals surface area contributed by atoms with Crippen LogP contribution in [0.25, 0.3) is 0 Å². The molecule has 0 nitrogen and oxygen atoms in total. The molecule has 0 atom stereocenters. The summed E-state index contributed by atoms with van der Waals surface area (Å²) < 4.78 is 0. The third-order valence-corrected chi connectivity index (χ3v) is 2.74. The maximum absolute atomic E-state index is 2.46. The van der Waals surface area contributed by atoms with E-state index in [2.05, 4.69) is 19.1 Å². The molecule has 1 fully saturated rings. The molecule has 15 heavy (non-hydrogen) atoms. The Morgan fingerprint density at radius 1 is 0.867 bits per heavy atom. The molecular weight excluding hydrogens is 180 g/mol. The fourth-order valence-electron chi connectivity index (χ4n) is 2.18. The van der Waals surface area contributed by atoms with Crippen molar-refractivity contribution in [3.63, 3.8) is 0 Å². The van der Waals surface area contributed by atoms with E-state index in [1.165, 1.54) is 32.1 Å². The van der Waals surface area contributed by atoms with Crippen molar-refractivity contribution in [1.82, 2.24) is 0 Å². The van der Waals surface area contributed by atoms with E-state index < -0.39 is 0 Å². The van der Waals surface area contributed by atoms with Crippen molar-refractivity contribution in [3.05, 3.63) is 23.3 Å². The van der Waals surface area contributed by atoms with Gasteiger partial charge in [0.2, 0.25) is 0 Å². The standard InChI is InChI=1S/C11H16.2C2H6/c1-9-7-10-5-3-2-4-6-11(10)8-9;2*1-2/h5-6,9H,2-4,7-8H2,1H3;2*1-2H3. The average Bonchev–Trinajstić information content (AvgIpc) is 2.51. The van der Waals surface area contributed by atoms with Crippen LogP contribution in [-0.2, 0) is 0 Å². The molecule has 2 aliphatic rings. The van der Waals surface area contributed by atoms with Gasteiger partial charge < -0.3 is 0 Å². The van der Waals surface area contributed by atoms with E-state index in [4.69, 9.17) is 0 Å². The van der Waals surface area contributed by atoms with Crippen LogP contribution in [0.5, 0.6) is 0 Å². The number of hydrogen-bond acceptors (Lipinski definition) is 0. The van der Waals surface area contributed by atoms with Gasteiger partial charge in [0.15, 0.2) is 0 Å². The zero-order chi connectivity index (χ0) is 11.7. The van der Waals surface area contributed by atoms with Gasteiger partial charge in [-0.15, -0.1) is 0 Å². The van der Waals surface area contributed by atoms with Crippen molar-refractivity contribution in [2.24, 2.45) is 5.92 Å². The lowest BCUT2D eigenvalue weighted by Gasteiger charge is -1.94. The van der Waals surface area contributed by atoms with Gasteiger partial charge in [-0.1, -0.05) is 46.8 Å². The van der Waals surface area contributed by atoms with Gasteiger partial charge in [0.05, 0.1) is 0 Å². The largest absolute Gasteiger partial charge is 0.0810 e. The van der Waals surface area contributed by atoms with Crippen LogP contribution in [-0.4, -0.2) is 0 Å². The van der Waals surface area contributed by atoms with Crippen molar-refractivity contribution >= 4 is 0 Å². The molecule has 0 amide bonds. The van der Waals surface area contributed by atoms with E-state index in [0.717, 1.165) is 5.92 Å². The quantitative estimate of drug-likeness (QED) is 0.492. The van der Waals surface area contributed by atoms with Crippen LogP contribution in [0.2, 0.25) is 0 Å². The summed E-state index contributed by atoms with van der Waals surface area (Å²) in [5.41, 5.74) is 3.32. The number of rotatable bonds is 0. The minimum Gasteiger partial charge on any atom is -0.0810 e. The smallest absolute Gasteiger partial charge is 0.0250 e. The third kappa shape index (κ3) is 4.68. The van der Waals surface area contributed by atoms with Crippen LogP contribution in [0, 0.1) is 5.92 Å². The van der Waals surface area contributed by atoms with Gasteiger partial charge in [0.1, 0.15) is 0 Å². The van der Waals surface area contributed by atoms with E-state index in [0.29, 0.717) is 0 Å². The maximum atomic E-state index is 2.46. The van der Waals surface area contributed by atoms with E-state index >= 15 is 0 Å². The molecular formula is C15H28. The second-order valence-electron chi connectivity index (χ2n) is 3.90.